The highest BCUT2D eigenvalue weighted by molar-refractivity contribution is 7.90. The standard InChI is InChI=1S/C10H14FNO2S/c1-12-6-5-8-3-4-9(11)10(7-8)15(2,13)14/h3-4,7,12H,5-6H2,1-2H3. The van der Waals surface area contributed by atoms with Gasteiger partial charge in [-0.1, -0.05) is 6.07 Å². The van der Waals surface area contributed by atoms with Crippen LogP contribution in [0.3, 0.4) is 0 Å². The number of rotatable bonds is 4. The van der Waals surface area contributed by atoms with Gasteiger partial charge >= 0.3 is 0 Å². The van der Waals surface area contributed by atoms with E-state index < -0.39 is 15.7 Å². The molecule has 0 bridgehead atoms. The zero-order valence-corrected chi connectivity index (χ0v) is 9.57. The molecule has 84 valence electrons. The van der Waals surface area contributed by atoms with Crippen molar-refractivity contribution in [1.82, 2.24) is 5.32 Å². The zero-order valence-electron chi connectivity index (χ0n) is 8.75. The Hall–Kier alpha value is -0.940. The zero-order chi connectivity index (χ0) is 11.5. The summed E-state index contributed by atoms with van der Waals surface area (Å²) >= 11 is 0. The average molecular weight is 231 g/mol. The van der Waals surface area contributed by atoms with Crippen molar-refractivity contribution < 1.29 is 12.8 Å². The van der Waals surface area contributed by atoms with Gasteiger partial charge < -0.3 is 5.32 Å². The molecule has 1 aromatic rings. The van der Waals surface area contributed by atoms with Crippen LogP contribution in [0.2, 0.25) is 0 Å². The fraction of sp³-hybridized carbons (Fsp3) is 0.400. The van der Waals surface area contributed by atoms with Crippen LogP contribution in [0, 0.1) is 5.82 Å². The molecule has 1 rings (SSSR count). The Morgan fingerprint density at radius 2 is 2.07 bits per heavy atom. The SMILES string of the molecule is CNCCc1ccc(F)c(S(C)(=O)=O)c1. The lowest BCUT2D eigenvalue weighted by atomic mass is 10.1. The highest BCUT2D eigenvalue weighted by Gasteiger charge is 2.13. The number of hydrogen-bond donors (Lipinski definition) is 1. The van der Waals surface area contributed by atoms with E-state index in [2.05, 4.69) is 5.32 Å². The largest absolute Gasteiger partial charge is 0.319 e. The van der Waals surface area contributed by atoms with E-state index in [0.717, 1.165) is 18.4 Å². The molecular weight excluding hydrogens is 217 g/mol. The van der Waals surface area contributed by atoms with Crippen molar-refractivity contribution in [2.24, 2.45) is 0 Å². The summed E-state index contributed by atoms with van der Waals surface area (Å²) in [5, 5.41) is 2.95. The number of likely N-dealkylation sites (N-methyl/N-ethyl adjacent to an activating group) is 1. The van der Waals surface area contributed by atoms with Gasteiger partial charge in [0.2, 0.25) is 0 Å². The summed E-state index contributed by atoms with van der Waals surface area (Å²) in [6.45, 7) is 0.731. The van der Waals surface area contributed by atoms with Gasteiger partial charge in [-0.3, -0.25) is 0 Å². The maximum atomic E-state index is 13.2. The fourth-order valence-electron chi connectivity index (χ4n) is 1.26. The summed E-state index contributed by atoms with van der Waals surface area (Å²) in [5.74, 6) is -0.689. The van der Waals surface area contributed by atoms with Crippen LogP contribution in [-0.4, -0.2) is 28.3 Å². The predicted molar refractivity (Wildman–Crippen MR) is 57.1 cm³/mol. The van der Waals surface area contributed by atoms with Crippen LogP contribution in [-0.2, 0) is 16.3 Å². The lowest BCUT2D eigenvalue weighted by molar-refractivity contribution is 0.569. The molecule has 0 aliphatic heterocycles. The number of benzene rings is 1. The van der Waals surface area contributed by atoms with Gasteiger partial charge in [0.1, 0.15) is 10.7 Å². The molecule has 0 aliphatic rings. The van der Waals surface area contributed by atoms with Crippen LogP contribution in [0.1, 0.15) is 5.56 Å². The van der Waals surface area contributed by atoms with Crippen molar-refractivity contribution in [2.45, 2.75) is 11.3 Å². The highest BCUT2D eigenvalue weighted by atomic mass is 32.2. The van der Waals surface area contributed by atoms with Crippen molar-refractivity contribution in [2.75, 3.05) is 19.8 Å². The van der Waals surface area contributed by atoms with Gasteiger partial charge in [0, 0.05) is 6.26 Å². The van der Waals surface area contributed by atoms with Gasteiger partial charge in [-0.25, -0.2) is 12.8 Å². The maximum Gasteiger partial charge on any atom is 0.178 e. The molecule has 0 unspecified atom stereocenters. The first kappa shape index (κ1) is 12.1. The molecular formula is C10H14FNO2S. The minimum atomic E-state index is -3.48. The molecule has 0 saturated carbocycles. The molecule has 0 heterocycles. The second kappa shape index (κ2) is 4.72. The summed E-state index contributed by atoms with van der Waals surface area (Å²) < 4.78 is 35.6. The van der Waals surface area contributed by atoms with Crippen molar-refractivity contribution in [3.63, 3.8) is 0 Å². The molecule has 0 aliphatic carbocycles. The highest BCUT2D eigenvalue weighted by Crippen LogP contribution is 2.16. The van der Waals surface area contributed by atoms with Crippen LogP contribution < -0.4 is 5.32 Å². The molecule has 5 heteroatoms. The van der Waals surface area contributed by atoms with E-state index in [1.807, 2.05) is 0 Å². The first-order valence-electron chi connectivity index (χ1n) is 4.58. The quantitative estimate of drug-likeness (QED) is 0.840. The van der Waals surface area contributed by atoms with Gasteiger partial charge in [-0.2, -0.15) is 0 Å². The first-order valence-corrected chi connectivity index (χ1v) is 6.47. The second-order valence-corrected chi connectivity index (χ2v) is 5.37. The molecule has 0 radical (unpaired) electrons. The fourth-order valence-corrected chi connectivity index (χ4v) is 2.04. The average Bonchev–Trinajstić information content (AvgIpc) is 2.15. The van der Waals surface area contributed by atoms with Crippen molar-refractivity contribution in [3.05, 3.63) is 29.6 Å². The van der Waals surface area contributed by atoms with Crippen molar-refractivity contribution in [3.8, 4) is 0 Å². The normalized spacial score (nSPS) is 11.7. The van der Waals surface area contributed by atoms with Gasteiger partial charge in [0.15, 0.2) is 9.84 Å². The molecule has 1 aromatic carbocycles. The summed E-state index contributed by atoms with van der Waals surface area (Å²) in [6, 6.07) is 4.19. The first-order chi connectivity index (χ1) is 6.95. The molecule has 0 fully saturated rings. The third-order valence-electron chi connectivity index (χ3n) is 2.06. The Kier molecular flexibility index (Phi) is 3.82. The van der Waals surface area contributed by atoms with Gasteiger partial charge in [0.25, 0.3) is 0 Å². The van der Waals surface area contributed by atoms with E-state index in [-0.39, 0.29) is 4.90 Å². The van der Waals surface area contributed by atoms with Gasteiger partial charge in [0.05, 0.1) is 0 Å². The van der Waals surface area contributed by atoms with Crippen molar-refractivity contribution in [1.29, 1.82) is 0 Å². The van der Waals surface area contributed by atoms with Crippen LogP contribution in [0.25, 0.3) is 0 Å². The summed E-state index contributed by atoms with van der Waals surface area (Å²) in [5.41, 5.74) is 0.811. The van der Waals surface area contributed by atoms with E-state index in [1.54, 1.807) is 13.1 Å². The summed E-state index contributed by atoms with van der Waals surface area (Å²) in [7, 11) is -1.67. The second-order valence-electron chi connectivity index (χ2n) is 3.39. The van der Waals surface area contributed by atoms with E-state index in [1.165, 1.54) is 12.1 Å². The Morgan fingerprint density at radius 1 is 1.40 bits per heavy atom. The topological polar surface area (TPSA) is 46.2 Å². The smallest absolute Gasteiger partial charge is 0.178 e. The predicted octanol–water partition coefficient (Wildman–Crippen LogP) is 0.991. The third-order valence-corrected chi connectivity index (χ3v) is 3.17. The summed E-state index contributed by atoms with van der Waals surface area (Å²) in [4.78, 5) is -0.226. The van der Waals surface area contributed by atoms with Gasteiger partial charge in [-0.15, -0.1) is 0 Å². The van der Waals surface area contributed by atoms with Gasteiger partial charge in [-0.05, 0) is 37.7 Å². The van der Waals surface area contributed by atoms with Crippen LogP contribution >= 0.6 is 0 Å². The minimum absolute atomic E-state index is 0.226. The lowest BCUT2D eigenvalue weighted by Gasteiger charge is -2.04. The van der Waals surface area contributed by atoms with Crippen molar-refractivity contribution >= 4 is 9.84 Å². The monoisotopic (exact) mass is 231 g/mol. The Balaban J connectivity index is 3.06. The van der Waals surface area contributed by atoms with E-state index in [9.17, 15) is 12.8 Å². The minimum Gasteiger partial charge on any atom is -0.319 e. The van der Waals surface area contributed by atoms with Crippen LogP contribution in [0.4, 0.5) is 4.39 Å². The third kappa shape index (κ3) is 3.28. The van der Waals surface area contributed by atoms with Crippen LogP contribution in [0.5, 0.6) is 0 Å². The number of halogens is 1. The molecule has 3 nitrogen and oxygen atoms in total. The Bertz CT molecular complexity index is 443. The van der Waals surface area contributed by atoms with E-state index in [0.29, 0.717) is 6.42 Å². The number of nitrogens with one attached hydrogen (secondary N) is 1. The molecule has 1 N–H and O–H groups in total. The molecule has 0 amide bonds. The van der Waals surface area contributed by atoms with Crippen LogP contribution in [0.15, 0.2) is 23.1 Å². The Morgan fingerprint density at radius 3 is 2.60 bits per heavy atom. The molecule has 0 spiro atoms. The number of hydrogen-bond acceptors (Lipinski definition) is 3. The van der Waals surface area contributed by atoms with E-state index in [4.69, 9.17) is 0 Å². The molecule has 0 saturated heterocycles. The molecule has 0 aromatic heterocycles. The molecule has 15 heavy (non-hydrogen) atoms. The number of sulfone groups is 1. The maximum absolute atomic E-state index is 13.2. The molecule has 0 atom stereocenters. The lowest BCUT2D eigenvalue weighted by Crippen LogP contribution is -2.11. The van der Waals surface area contributed by atoms with E-state index >= 15 is 0 Å². The Labute approximate surface area is 89.2 Å². The summed E-state index contributed by atoms with van der Waals surface area (Å²) in [6.07, 6.45) is 1.69.